The van der Waals surface area contributed by atoms with Crippen LogP contribution in [0.3, 0.4) is 0 Å². The first-order chi connectivity index (χ1) is 15.5. The summed E-state index contributed by atoms with van der Waals surface area (Å²) in [5.74, 6) is 0.631. The fourth-order valence-electron chi connectivity index (χ4n) is 4.07. The topological polar surface area (TPSA) is 59.1 Å². The second-order valence-electron chi connectivity index (χ2n) is 8.44. The molecule has 0 aromatic heterocycles. The second kappa shape index (κ2) is 10.1. The van der Waals surface area contributed by atoms with E-state index in [4.69, 9.17) is 9.47 Å². The molecule has 2 amide bonds. The molecule has 2 saturated heterocycles. The Kier molecular flexibility index (Phi) is 7.05. The van der Waals surface area contributed by atoms with Crippen LogP contribution in [0.4, 0.5) is 4.39 Å². The summed E-state index contributed by atoms with van der Waals surface area (Å²) in [7, 11) is 0. The molecule has 0 atom stereocenters. The number of halogens is 1. The maximum Gasteiger partial charge on any atom is 0.254 e. The van der Waals surface area contributed by atoms with Crippen LogP contribution in [0.1, 0.15) is 39.1 Å². The zero-order chi connectivity index (χ0) is 22.5. The summed E-state index contributed by atoms with van der Waals surface area (Å²) in [6.07, 6.45) is 1.68. The van der Waals surface area contributed by atoms with Crippen molar-refractivity contribution in [1.82, 2.24) is 9.80 Å². The highest BCUT2D eigenvalue weighted by molar-refractivity contribution is 5.95. The van der Waals surface area contributed by atoms with E-state index >= 15 is 0 Å². The van der Waals surface area contributed by atoms with Gasteiger partial charge in [-0.2, -0.15) is 0 Å². The molecule has 0 saturated carbocycles. The minimum absolute atomic E-state index is 0.0188. The molecule has 2 aromatic rings. The van der Waals surface area contributed by atoms with E-state index in [1.54, 1.807) is 41.0 Å². The summed E-state index contributed by atoms with van der Waals surface area (Å²) in [5.41, 5.74) is 1.59. The van der Waals surface area contributed by atoms with E-state index < -0.39 is 0 Å². The Labute approximate surface area is 187 Å². The molecule has 0 unspecified atom stereocenters. The number of rotatable bonds is 5. The molecule has 0 bridgehead atoms. The predicted molar refractivity (Wildman–Crippen MR) is 118 cm³/mol. The molecule has 0 radical (unpaired) electrons. The van der Waals surface area contributed by atoms with Gasteiger partial charge in [0, 0.05) is 37.3 Å². The van der Waals surface area contributed by atoms with Crippen LogP contribution in [0.25, 0.3) is 0 Å². The van der Waals surface area contributed by atoms with Gasteiger partial charge in [0.2, 0.25) is 0 Å². The van der Waals surface area contributed by atoms with E-state index in [0.29, 0.717) is 68.6 Å². The average Bonchev–Trinajstić information content (AvgIpc) is 2.85. The smallest absolute Gasteiger partial charge is 0.254 e. The summed E-state index contributed by atoms with van der Waals surface area (Å²) >= 11 is 0. The van der Waals surface area contributed by atoms with Crippen molar-refractivity contribution in [2.45, 2.75) is 19.8 Å². The van der Waals surface area contributed by atoms with Crippen LogP contribution < -0.4 is 4.74 Å². The monoisotopic (exact) mass is 440 g/mol. The maximum atomic E-state index is 13.8. The van der Waals surface area contributed by atoms with Crippen molar-refractivity contribution < 1.29 is 23.5 Å². The van der Waals surface area contributed by atoms with E-state index in [-0.39, 0.29) is 17.6 Å². The van der Waals surface area contributed by atoms with Gasteiger partial charge in [-0.1, -0.05) is 6.07 Å². The lowest BCUT2D eigenvalue weighted by atomic mass is 9.97. The Bertz CT molecular complexity index is 949. The summed E-state index contributed by atoms with van der Waals surface area (Å²) in [4.78, 5) is 28.7. The Balaban J connectivity index is 1.23. The van der Waals surface area contributed by atoms with Crippen LogP contribution in [0.5, 0.6) is 5.75 Å². The second-order valence-corrected chi connectivity index (χ2v) is 8.44. The van der Waals surface area contributed by atoms with Gasteiger partial charge < -0.3 is 19.3 Å². The number of carbonyl (C=O) groups excluding carboxylic acids is 2. The van der Waals surface area contributed by atoms with Crippen molar-refractivity contribution in [3.63, 3.8) is 0 Å². The van der Waals surface area contributed by atoms with Crippen molar-refractivity contribution in [2.24, 2.45) is 5.92 Å². The highest BCUT2D eigenvalue weighted by atomic mass is 19.1. The first kappa shape index (κ1) is 22.3. The lowest BCUT2D eigenvalue weighted by Gasteiger charge is -2.32. The number of ether oxygens (including phenoxy) is 2. The molecular weight excluding hydrogens is 411 g/mol. The first-order valence-corrected chi connectivity index (χ1v) is 11.2. The Hall–Kier alpha value is -2.93. The molecule has 0 spiro atoms. The quantitative estimate of drug-likeness (QED) is 0.714. The molecule has 170 valence electrons. The van der Waals surface area contributed by atoms with Crippen molar-refractivity contribution in [3.05, 3.63) is 65.0 Å². The lowest BCUT2D eigenvalue weighted by Crippen LogP contribution is -2.40. The zero-order valence-corrected chi connectivity index (χ0v) is 18.4. The average molecular weight is 441 g/mol. The molecule has 32 heavy (non-hydrogen) atoms. The number of hydrogen-bond acceptors (Lipinski definition) is 4. The molecule has 7 heteroatoms. The van der Waals surface area contributed by atoms with Crippen molar-refractivity contribution in [2.75, 3.05) is 46.0 Å². The Morgan fingerprint density at radius 2 is 1.53 bits per heavy atom. The summed E-state index contributed by atoms with van der Waals surface area (Å²) < 4.78 is 25.0. The van der Waals surface area contributed by atoms with Gasteiger partial charge in [-0.05, 0) is 67.6 Å². The predicted octanol–water partition coefficient (Wildman–Crippen LogP) is 3.54. The molecule has 2 aliphatic heterocycles. The number of carbonyl (C=O) groups is 2. The normalized spacial score (nSPS) is 17.3. The minimum atomic E-state index is -0.350. The SMILES string of the molecule is Cc1ccc(C(=O)N2CCC(COc3ccc(C(=O)N4CCOCC4)cc3)CC2)cc1F. The molecule has 0 aliphatic carbocycles. The number of morpholine rings is 1. The maximum absolute atomic E-state index is 13.8. The van der Waals surface area contributed by atoms with Gasteiger partial charge >= 0.3 is 0 Å². The molecule has 2 fully saturated rings. The van der Waals surface area contributed by atoms with E-state index in [1.165, 1.54) is 6.07 Å². The highest BCUT2D eigenvalue weighted by Crippen LogP contribution is 2.22. The van der Waals surface area contributed by atoms with Crippen molar-refractivity contribution >= 4 is 11.8 Å². The minimum Gasteiger partial charge on any atom is -0.493 e. The number of nitrogens with zero attached hydrogens (tertiary/aromatic N) is 2. The van der Waals surface area contributed by atoms with E-state index in [2.05, 4.69) is 0 Å². The van der Waals surface area contributed by atoms with Gasteiger partial charge in [0.1, 0.15) is 11.6 Å². The fraction of sp³-hybridized carbons (Fsp3) is 0.440. The molecular formula is C25H29FN2O4. The highest BCUT2D eigenvalue weighted by Gasteiger charge is 2.24. The number of likely N-dealkylation sites (tertiary alicyclic amines) is 1. The van der Waals surface area contributed by atoms with Crippen LogP contribution in [0.2, 0.25) is 0 Å². The van der Waals surface area contributed by atoms with Gasteiger partial charge in [0.15, 0.2) is 0 Å². The molecule has 2 aromatic carbocycles. The summed E-state index contributed by atoms with van der Waals surface area (Å²) in [6, 6.07) is 11.9. The van der Waals surface area contributed by atoms with Gasteiger partial charge in [0.05, 0.1) is 19.8 Å². The zero-order valence-electron chi connectivity index (χ0n) is 18.4. The molecule has 2 heterocycles. The third kappa shape index (κ3) is 5.27. The van der Waals surface area contributed by atoms with E-state index in [0.717, 1.165) is 18.6 Å². The molecule has 2 aliphatic rings. The van der Waals surface area contributed by atoms with Gasteiger partial charge in [-0.15, -0.1) is 0 Å². The molecule has 6 nitrogen and oxygen atoms in total. The van der Waals surface area contributed by atoms with Crippen LogP contribution in [0, 0.1) is 18.7 Å². The number of piperidine rings is 1. The molecule has 4 rings (SSSR count). The van der Waals surface area contributed by atoms with Crippen LogP contribution in [-0.2, 0) is 4.74 Å². The van der Waals surface area contributed by atoms with Gasteiger partial charge in [0.25, 0.3) is 11.8 Å². The van der Waals surface area contributed by atoms with Crippen LogP contribution in [-0.4, -0.2) is 67.6 Å². The van der Waals surface area contributed by atoms with Crippen LogP contribution >= 0.6 is 0 Å². The first-order valence-electron chi connectivity index (χ1n) is 11.2. The Morgan fingerprint density at radius 1 is 0.938 bits per heavy atom. The lowest BCUT2D eigenvalue weighted by molar-refractivity contribution is 0.0303. The van der Waals surface area contributed by atoms with Crippen LogP contribution in [0.15, 0.2) is 42.5 Å². The fourth-order valence-corrected chi connectivity index (χ4v) is 4.07. The third-order valence-electron chi connectivity index (χ3n) is 6.21. The van der Waals surface area contributed by atoms with E-state index in [1.807, 2.05) is 12.1 Å². The number of amides is 2. The third-order valence-corrected chi connectivity index (χ3v) is 6.21. The Morgan fingerprint density at radius 3 is 2.19 bits per heavy atom. The van der Waals surface area contributed by atoms with Crippen molar-refractivity contribution in [3.8, 4) is 5.75 Å². The standard InChI is InChI=1S/C25H29FN2O4/c1-18-2-3-21(16-23(18)26)25(30)27-10-8-19(9-11-27)17-32-22-6-4-20(5-7-22)24(29)28-12-14-31-15-13-28/h2-7,16,19H,8-15,17H2,1H3. The summed E-state index contributed by atoms with van der Waals surface area (Å²) in [5, 5.41) is 0. The number of hydrogen-bond donors (Lipinski definition) is 0. The largest absolute Gasteiger partial charge is 0.493 e. The van der Waals surface area contributed by atoms with Crippen molar-refractivity contribution in [1.29, 1.82) is 0 Å². The number of aryl methyl sites for hydroxylation is 1. The number of benzene rings is 2. The van der Waals surface area contributed by atoms with Gasteiger partial charge in [-0.3, -0.25) is 9.59 Å². The van der Waals surface area contributed by atoms with Gasteiger partial charge in [-0.25, -0.2) is 4.39 Å². The molecule has 0 N–H and O–H groups in total. The van der Waals surface area contributed by atoms with E-state index in [9.17, 15) is 14.0 Å². The summed E-state index contributed by atoms with van der Waals surface area (Å²) in [6.45, 7) is 5.93.